The van der Waals surface area contributed by atoms with Crippen LogP contribution < -0.4 is 14.5 Å². The number of ether oxygens (including phenoxy) is 1. The van der Waals surface area contributed by atoms with E-state index in [1.54, 1.807) is 11.8 Å². The van der Waals surface area contributed by atoms with Gasteiger partial charge in [0, 0.05) is 21.1 Å². The molecule has 1 aromatic heterocycles. The van der Waals surface area contributed by atoms with Crippen LogP contribution in [0, 0.1) is 35.4 Å². The number of hydrogen-bond acceptors (Lipinski definition) is 6. The van der Waals surface area contributed by atoms with Crippen molar-refractivity contribution in [1.29, 1.82) is 0 Å². The highest BCUT2D eigenvalue weighted by Gasteiger charge is 2.69. The van der Waals surface area contributed by atoms with Crippen molar-refractivity contribution in [2.24, 2.45) is 29.6 Å². The fourth-order valence-corrected chi connectivity index (χ4v) is 10.8. The molecule has 0 radical (unpaired) electrons. The zero-order valence-corrected chi connectivity index (χ0v) is 24.4. The maximum Gasteiger partial charge on any atom is 0.305 e. The number of imide groups is 1. The second kappa shape index (κ2) is 9.82. The molecule has 10 heteroatoms. The molecule has 2 aliphatic heterocycles. The molecule has 2 bridgehead atoms. The van der Waals surface area contributed by atoms with Crippen molar-refractivity contribution in [3.05, 3.63) is 109 Å². The molecule has 4 aliphatic rings. The summed E-state index contributed by atoms with van der Waals surface area (Å²) in [7, 11) is 0. The maximum atomic E-state index is 13.8. The molecule has 5 unspecified atom stereocenters. The number of nitrogens with one attached hydrogen (secondary N) is 1. The van der Waals surface area contributed by atoms with E-state index in [-0.39, 0.29) is 45.6 Å². The second-order valence-corrected chi connectivity index (χ2v) is 14.1. The Kier molecular flexibility index (Phi) is 6.14. The minimum atomic E-state index is -0.412. The SMILES string of the molecule is O=C1C2C(C(=O)N1c1ccc(F)cc1)[C@@H]1C[C@H]2C2Sc3[nH]c(=O)sc3C(c3ccc(OCc4ccc(Cl)cc4)cc3)C21. The van der Waals surface area contributed by atoms with Gasteiger partial charge in [-0.15, -0.1) is 11.8 Å². The van der Waals surface area contributed by atoms with Crippen molar-refractivity contribution in [2.75, 3.05) is 4.90 Å². The molecule has 1 saturated heterocycles. The number of halogens is 2. The van der Waals surface area contributed by atoms with Crippen LogP contribution in [0.4, 0.5) is 10.1 Å². The summed E-state index contributed by atoms with van der Waals surface area (Å²) in [6.07, 6.45) is 0.810. The average Bonchev–Trinajstić information content (AvgIpc) is 3.72. The Balaban J connectivity index is 1.11. The van der Waals surface area contributed by atoms with E-state index < -0.39 is 17.7 Å². The van der Waals surface area contributed by atoms with E-state index in [0.717, 1.165) is 33.2 Å². The third-order valence-corrected chi connectivity index (χ3v) is 12.2. The minimum Gasteiger partial charge on any atom is -0.489 e. The standard InChI is InChI=1S/C32H24ClFN2O4S2/c33-17-5-1-15(2-6-17)14-40-20-11-3-16(4-12-20)23-24-21-13-22(27(24)41-29-28(23)42-32(39)35-29)26-25(21)30(37)36(31(26)38)19-9-7-18(34)8-10-19/h1-12,21-27H,13-14H2,(H,35,39)/t21-,22-,23?,24?,25?,26?,27?/m1/s1. The van der Waals surface area contributed by atoms with Gasteiger partial charge in [0.25, 0.3) is 0 Å². The van der Waals surface area contributed by atoms with Crippen LogP contribution in [-0.2, 0) is 16.2 Å². The number of anilines is 1. The first-order valence-corrected chi connectivity index (χ1v) is 15.9. The molecular formula is C32H24ClFN2O4S2. The molecular weight excluding hydrogens is 595 g/mol. The Hall–Kier alpha value is -3.40. The number of carbonyl (C=O) groups excluding carboxylic acids is 2. The number of carbonyl (C=O) groups is 2. The van der Waals surface area contributed by atoms with Crippen molar-refractivity contribution in [3.8, 4) is 5.75 Å². The molecule has 7 atom stereocenters. The van der Waals surface area contributed by atoms with Crippen molar-refractivity contribution < 1.29 is 18.7 Å². The second-order valence-electron chi connectivity index (χ2n) is 11.4. The fourth-order valence-electron chi connectivity index (χ4n) is 7.75. The number of thioether (sulfide) groups is 1. The smallest absolute Gasteiger partial charge is 0.305 e. The number of nitrogens with zero attached hydrogens (tertiary/aromatic N) is 1. The first-order valence-electron chi connectivity index (χ1n) is 13.9. The van der Waals surface area contributed by atoms with Crippen molar-refractivity contribution in [2.45, 2.75) is 29.2 Å². The van der Waals surface area contributed by atoms with Gasteiger partial charge >= 0.3 is 4.87 Å². The molecule has 2 aliphatic carbocycles. The predicted molar refractivity (Wildman–Crippen MR) is 160 cm³/mol. The number of benzene rings is 3. The zero-order valence-electron chi connectivity index (χ0n) is 22.0. The van der Waals surface area contributed by atoms with Gasteiger partial charge in [-0.05, 0) is 83.8 Å². The molecule has 4 aromatic rings. The third-order valence-electron chi connectivity index (χ3n) is 9.37. The number of fused-ring (bicyclic) bond motifs is 9. The van der Waals surface area contributed by atoms with Crippen LogP contribution in [0.5, 0.6) is 5.75 Å². The summed E-state index contributed by atoms with van der Waals surface area (Å²) in [6.45, 7) is 0.415. The lowest BCUT2D eigenvalue weighted by Gasteiger charge is -2.43. The lowest BCUT2D eigenvalue weighted by molar-refractivity contribution is -0.123. The number of aromatic amines is 1. The van der Waals surface area contributed by atoms with E-state index in [9.17, 15) is 18.8 Å². The van der Waals surface area contributed by atoms with Crippen LogP contribution in [0.1, 0.15) is 28.3 Å². The van der Waals surface area contributed by atoms with Crippen molar-refractivity contribution in [3.63, 3.8) is 0 Å². The van der Waals surface area contributed by atoms with E-state index in [1.807, 2.05) is 36.4 Å². The molecule has 3 heterocycles. The minimum absolute atomic E-state index is 0.00980. The Morgan fingerprint density at radius 1 is 0.905 bits per heavy atom. The van der Waals surface area contributed by atoms with Crippen LogP contribution in [0.15, 0.2) is 82.6 Å². The number of hydrogen-bond donors (Lipinski definition) is 1. The Bertz CT molecular complexity index is 1770. The fraction of sp³-hybridized carbons (Fsp3) is 0.281. The molecule has 2 amide bonds. The van der Waals surface area contributed by atoms with Crippen LogP contribution >= 0.6 is 34.7 Å². The molecule has 3 aromatic carbocycles. The summed E-state index contributed by atoms with van der Waals surface area (Å²) in [5.74, 6) is -0.786. The number of H-pyrrole nitrogens is 1. The first-order chi connectivity index (χ1) is 20.4. The summed E-state index contributed by atoms with van der Waals surface area (Å²) in [5, 5.41) is 1.65. The molecule has 212 valence electrons. The van der Waals surface area contributed by atoms with Crippen molar-refractivity contribution in [1.82, 2.24) is 4.98 Å². The molecule has 3 fully saturated rings. The van der Waals surface area contributed by atoms with Gasteiger partial charge in [0.1, 0.15) is 18.2 Å². The highest BCUT2D eigenvalue weighted by Crippen LogP contribution is 2.68. The molecule has 1 N–H and O–H groups in total. The molecule has 42 heavy (non-hydrogen) atoms. The van der Waals surface area contributed by atoms with Gasteiger partial charge in [0.2, 0.25) is 11.8 Å². The third kappa shape index (κ3) is 4.01. The van der Waals surface area contributed by atoms with Gasteiger partial charge in [0.15, 0.2) is 0 Å². The summed E-state index contributed by atoms with van der Waals surface area (Å²) >= 11 is 8.89. The molecule has 6 nitrogen and oxygen atoms in total. The number of aromatic nitrogens is 1. The van der Waals surface area contributed by atoms with E-state index in [1.165, 1.54) is 40.5 Å². The number of rotatable bonds is 5. The summed E-state index contributed by atoms with van der Waals surface area (Å²) in [4.78, 5) is 45.3. The average molecular weight is 619 g/mol. The Morgan fingerprint density at radius 3 is 2.31 bits per heavy atom. The largest absolute Gasteiger partial charge is 0.489 e. The monoisotopic (exact) mass is 618 g/mol. The quantitative estimate of drug-likeness (QED) is 0.259. The lowest BCUT2D eigenvalue weighted by atomic mass is 9.68. The van der Waals surface area contributed by atoms with E-state index in [4.69, 9.17) is 16.3 Å². The van der Waals surface area contributed by atoms with Crippen LogP contribution in [0.3, 0.4) is 0 Å². The van der Waals surface area contributed by atoms with Crippen LogP contribution in [0.2, 0.25) is 5.02 Å². The highest BCUT2D eigenvalue weighted by atomic mass is 35.5. The predicted octanol–water partition coefficient (Wildman–Crippen LogP) is 6.49. The van der Waals surface area contributed by atoms with Gasteiger partial charge in [-0.25, -0.2) is 4.39 Å². The number of thiazole rings is 1. The van der Waals surface area contributed by atoms with Gasteiger partial charge in [-0.2, -0.15) is 0 Å². The van der Waals surface area contributed by atoms with Gasteiger partial charge < -0.3 is 9.72 Å². The normalized spacial score (nSPS) is 29.0. The zero-order chi connectivity index (χ0) is 28.7. The summed E-state index contributed by atoms with van der Waals surface area (Å²) in [6, 6.07) is 21.1. The van der Waals surface area contributed by atoms with E-state index in [2.05, 4.69) is 17.1 Å². The van der Waals surface area contributed by atoms with E-state index in [0.29, 0.717) is 17.3 Å². The van der Waals surface area contributed by atoms with Gasteiger partial charge in [-0.3, -0.25) is 19.3 Å². The van der Waals surface area contributed by atoms with Gasteiger partial charge in [0.05, 0.1) is 22.5 Å². The lowest BCUT2D eigenvalue weighted by Crippen LogP contribution is -2.42. The van der Waals surface area contributed by atoms with Crippen molar-refractivity contribution >= 4 is 52.2 Å². The maximum absolute atomic E-state index is 13.8. The number of amides is 2. The van der Waals surface area contributed by atoms with E-state index >= 15 is 0 Å². The first kappa shape index (κ1) is 26.2. The topological polar surface area (TPSA) is 79.5 Å². The van der Waals surface area contributed by atoms with Crippen LogP contribution in [0.25, 0.3) is 0 Å². The molecule has 2 saturated carbocycles. The highest BCUT2D eigenvalue weighted by molar-refractivity contribution is 8.00. The Morgan fingerprint density at radius 2 is 1.60 bits per heavy atom. The Labute approximate surface area is 253 Å². The summed E-state index contributed by atoms with van der Waals surface area (Å²) < 4.78 is 19.6. The molecule has 8 rings (SSSR count). The van der Waals surface area contributed by atoms with Crippen LogP contribution in [-0.4, -0.2) is 22.0 Å². The molecule has 0 spiro atoms. The summed E-state index contributed by atoms with van der Waals surface area (Å²) in [5.41, 5.74) is 2.50. The van der Waals surface area contributed by atoms with Gasteiger partial charge in [-0.1, -0.05) is 47.2 Å².